The number of hydrogen-bond acceptors (Lipinski definition) is 3. The molecule has 12 heavy (non-hydrogen) atoms. The van der Waals surface area contributed by atoms with Crippen LogP contribution in [-0.2, 0) is 14.8 Å². The van der Waals surface area contributed by atoms with Crippen molar-refractivity contribution >= 4 is 10.0 Å². The largest absolute Gasteiger partial charge is 0.385 e. The fourth-order valence-electron chi connectivity index (χ4n) is 0.785. The number of sulfonamides is 1. The fourth-order valence-corrected chi connectivity index (χ4v) is 1.92. The van der Waals surface area contributed by atoms with Crippen molar-refractivity contribution < 1.29 is 13.2 Å². The standard InChI is InChI=1S/C7H17NO3S/c1-3-7-12(9,10)8-5-4-6-11-2/h8H,3-7H2,1-2H3. The lowest BCUT2D eigenvalue weighted by Crippen LogP contribution is -2.27. The van der Waals surface area contributed by atoms with E-state index in [-0.39, 0.29) is 5.75 Å². The zero-order valence-corrected chi connectivity index (χ0v) is 8.49. The Morgan fingerprint density at radius 2 is 2.08 bits per heavy atom. The van der Waals surface area contributed by atoms with Crippen molar-refractivity contribution in [2.45, 2.75) is 19.8 Å². The van der Waals surface area contributed by atoms with Gasteiger partial charge in [0.05, 0.1) is 5.75 Å². The van der Waals surface area contributed by atoms with E-state index in [1.165, 1.54) is 0 Å². The van der Waals surface area contributed by atoms with Gasteiger partial charge in [-0.2, -0.15) is 0 Å². The van der Waals surface area contributed by atoms with Crippen molar-refractivity contribution in [1.82, 2.24) is 4.72 Å². The summed E-state index contributed by atoms with van der Waals surface area (Å²) in [6, 6.07) is 0. The van der Waals surface area contributed by atoms with Gasteiger partial charge in [-0.1, -0.05) is 6.92 Å². The van der Waals surface area contributed by atoms with Crippen LogP contribution in [0.2, 0.25) is 0 Å². The van der Waals surface area contributed by atoms with Crippen LogP contribution >= 0.6 is 0 Å². The quantitative estimate of drug-likeness (QED) is 0.596. The molecule has 0 aliphatic heterocycles. The van der Waals surface area contributed by atoms with Gasteiger partial charge in [-0.05, 0) is 12.8 Å². The van der Waals surface area contributed by atoms with Gasteiger partial charge in [0.1, 0.15) is 0 Å². The second-order valence-corrected chi connectivity index (χ2v) is 4.49. The molecule has 0 saturated heterocycles. The van der Waals surface area contributed by atoms with Crippen molar-refractivity contribution in [3.05, 3.63) is 0 Å². The Bertz CT molecular complexity index is 189. The molecule has 0 fully saturated rings. The third kappa shape index (κ3) is 6.57. The summed E-state index contributed by atoms with van der Waals surface area (Å²) < 4.78 is 29.4. The first-order chi connectivity index (χ1) is 5.62. The second-order valence-electron chi connectivity index (χ2n) is 2.56. The second kappa shape index (κ2) is 6.39. The lowest BCUT2D eigenvalue weighted by Gasteiger charge is -2.03. The van der Waals surface area contributed by atoms with Crippen LogP contribution in [0.4, 0.5) is 0 Å². The van der Waals surface area contributed by atoms with Crippen LogP contribution in [0.5, 0.6) is 0 Å². The summed E-state index contributed by atoms with van der Waals surface area (Å²) in [5.41, 5.74) is 0. The van der Waals surface area contributed by atoms with Crippen LogP contribution in [0, 0.1) is 0 Å². The van der Waals surface area contributed by atoms with E-state index < -0.39 is 10.0 Å². The van der Waals surface area contributed by atoms with Crippen molar-refractivity contribution in [1.29, 1.82) is 0 Å². The highest BCUT2D eigenvalue weighted by molar-refractivity contribution is 7.89. The number of ether oxygens (including phenoxy) is 1. The first-order valence-electron chi connectivity index (χ1n) is 4.08. The molecular weight excluding hydrogens is 178 g/mol. The molecule has 0 aromatic rings. The highest BCUT2D eigenvalue weighted by Crippen LogP contribution is 1.88. The van der Waals surface area contributed by atoms with E-state index in [9.17, 15) is 8.42 Å². The summed E-state index contributed by atoms with van der Waals surface area (Å²) >= 11 is 0. The van der Waals surface area contributed by atoms with Gasteiger partial charge in [0.25, 0.3) is 0 Å². The van der Waals surface area contributed by atoms with E-state index in [4.69, 9.17) is 4.74 Å². The zero-order chi connectivity index (χ0) is 9.45. The molecule has 5 heteroatoms. The predicted octanol–water partition coefficient (Wildman–Crippen LogP) is 0.352. The molecule has 0 atom stereocenters. The normalized spacial score (nSPS) is 11.8. The highest BCUT2D eigenvalue weighted by Gasteiger charge is 2.05. The molecule has 0 spiro atoms. The van der Waals surface area contributed by atoms with Gasteiger partial charge in [-0.3, -0.25) is 0 Å². The summed E-state index contributed by atoms with van der Waals surface area (Å²) in [5.74, 6) is 0.208. The maximum atomic E-state index is 11.0. The zero-order valence-electron chi connectivity index (χ0n) is 7.67. The smallest absolute Gasteiger partial charge is 0.211 e. The first kappa shape index (κ1) is 11.9. The molecule has 0 amide bonds. The lowest BCUT2D eigenvalue weighted by atomic mass is 10.5. The molecule has 1 N–H and O–H groups in total. The molecule has 0 bridgehead atoms. The van der Waals surface area contributed by atoms with Gasteiger partial charge < -0.3 is 4.74 Å². The van der Waals surface area contributed by atoms with Crippen LogP contribution in [0.3, 0.4) is 0 Å². The molecule has 0 heterocycles. The Balaban J connectivity index is 3.48. The molecule has 0 radical (unpaired) electrons. The molecule has 0 aliphatic rings. The molecule has 4 nitrogen and oxygen atoms in total. The summed E-state index contributed by atoms with van der Waals surface area (Å²) in [4.78, 5) is 0. The summed E-state index contributed by atoms with van der Waals surface area (Å²) in [6.07, 6.45) is 1.37. The van der Waals surface area contributed by atoms with Crippen LogP contribution in [0.1, 0.15) is 19.8 Å². The Morgan fingerprint density at radius 3 is 2.58 bits per heavy atom. The first-order valence-corrected chi connectivity index (χ1v) is 5.74. The lowest BCUT2D eigenvalue weighted by molar-refractivity contribution is 0.196. The molecule has 0 aliphatic carbocycles. The molecule has 74 valence electrons. The van der Waals surface area contributed by atoms with E-state index >= 15 is 0 Å². The molecule has 0 aromatic carbocycles. The third-order valence-corrected chi connectivity index (χ3v) is 2.91. The van der Waals surface area contributed by atoms with E-state index in [0.29, 0.717) is 19.6 Å². The molecule has 0 unspecified atom stereocenters. The SMILES string of the molecule is CCCS(=O)(=O)NCCCOC. The van der Waals surface area contributed by atoms with Gasteiger partial charge in [0, 0.05) is 20.3 Å². The number of rotatable bonds is 7. The number of hydrogen-bond donors (Lipinski definition) is 1. The number of nitrogens with one attached hydrogen (secondary N) is 1. The number of methoxy groups -OCH3 is 1. The summed E-state index contributed by atoms with van der Waals surface area (Å²) in [6.45, 7) is 2.90. The minimum Gasteiger partial charge on any atom is -0.385 e. The molecule has 0 aromatic heterocycles. The van der Waals surface area contributed by atoms with E-state index in [1.54, 1.807) is 7.11 Å². The predicted molar refractivity (Wildman–Crippen MR) is 48.6 cm³/mol. The monoisotopic (exact) mass is 195 g/mol. The van der Waals surface area contributed by atoms with Gasteiger partial charge in [0.15, 0.2) is 0 Å². The van der Waals surface area contributed by atoms with Gasteiger partial charge in [-0.15, -0.1) is 0 Å². The average Bonchev–Trinajstić information content (AvgIpc) is 1.98. The maximum Gasteiger partial charge on any atom is 0.211 e. The highest BCUT2D eigenvalue weighted by atomic mass is 32.2. The minimum atomic E-state index is -3.02. The van der Waals surface area contributed by atoms with Crippen molar-refractivity contribution in [3.63, 3.8) is 0 Å². The topological polar surface area (TPSA) is 55.4 Å². The maximum absolute atomic E-state index is 11.0. The summed E-state index contributed by atoms with van der Waals surface area (Å²) in [7, 11) is -1.42. The summed E-state index contributed by atoms with van der Waals surface area (Å²) in [5, 5.41) is 0. The van der Waals surface area contributed by atoms with Gasteiger partial charge >= 0.3 is 0 Å². The van der Waals surface area contributed by atoms with Crippen molar-refractivity contribution in [3.8, 4) is 0 Å². The molecule has 0 rings (SSSR count). The van der Waals surface area contributed by atoms with Crippen LogP contribution < -0.4 is 4.72 Å². The Kier molecular flexibility index (Phi) is 6.32. The van der Waals surface area contributed by atoms with Crippen molar-refractivity contribution in [2.24, 2.45) is 0 Å². The molecule has 0 saturated carbocycles. The third-order valence-electron chi connectivity index (χ3n) is 1.32. The average molecular weight is 195 g/mol. The fraction of sp³-hybridized carbons (Fsp3) is 1.00. The Labute approximate surface area is 74.4 Å². The Hall–Kier alpha value is -0.130. The van der Waals surface area contributed by atoms with E-state index in [1.807, 2.05) is 6.92 Å². The van der Waals surface area contributed by atoms with E-state index in [0.717, 1.165) is 6.42 Å². The van der Waals surface area contributed by atoms with Crippen molar-refractivity contribution in [2.75, 3.05) is 26.0 Å². The van der Waals surface area contributed by atoms with Crippen LogP contribution in [0.25, 0.3) is 0 Å². The van der Waals surface area contributed by atoms with Gasteiger partial charge in [-0.25, -0.2) is 13.1 Å². The van der Waals surface area contributed by atoms with E-state index in [2.05, 4.69) is 4.72 Å². The van der Waals surface area contributed by atoms with Crippen LogP contribution in [0.15, 0.2) is 0 Å². The van der Waals surface area contributed by atoms with Gasteiger partial charge in [0.2, 0.25) is 10.0 Å². The Morgan fingerprint density at radius 1 is 1.42 bits per heavy atom. The minimum absolute atomic E-state index is 0.208. The van der Waals surface area contributed by atoms with Crippen LogP contribution in [-0.4, -0.2) is 34.4 Å². The molecular formula is C7H17NO3S.